The van der Waals surface area contributed by atoms with Gasteiger partial charge in [0.05, 0.1) is 12.6 Å². The maximum Gasteiger partial charge on any atom is 0.315 e. The van der Waals surface area contributed by atoms with Crippen LogP contribution >= 0.6 is 0 Å². The van der Waals surface area contributed by atoms with E-state index in [1.165, 1.54) is 19.3 Å². The van der Waals surface area contributed by atoms with Crippen molar-refractivity contribution in [1.29, 1.82) is 0 Å². The fourth-order valence-electron chi connectivity index (χ4n) is 4.04. The molecule has 1 saturated carbocycles. The van der Waals surface area contributed by atoms with Gasteiger partial charge in [-0.15, -0.1) is 0 Å². The maximum absolute atomic E-state index is 12.1. The highest BCUT2D eigenvalue weighted by molar-refractivity contribution is 5.84. The quantitative estimate of drug-likeness (QED) is 0.717. The Kier molecular flexibility index (Phi) is 7.51. The van der Waals surface area contributed by atoms with Crippen molar-refractivity contribution >= 4 is 11.9 Å². The van der Waals surface area contributed by atoms with Gasteiger partial charge in [0, 0.05) is 25.1 Å². The van der Waals surface area contributed by atoms with Crippen LogP contribution in [0.3, 0.4) is 0 Å². The standard InChI is InChI=1S/C21H31N3O3/c25-19(24-18-11-5-2-6-12-18)15-23-21(26)22-14-17-10-7-13-27-20(17)16-8-3-1-4-9-16/h1,3-4,8-9,17-18,20H,2,5-7,10-15H2,(H,24,25)(H2,22,23,26)/t17-,20+/m1/s1. The normalized spacial score (nSPS) is 23.4. The van der Waals surface area contributed by atoms with Gasteiger partial charge in [0.2, 0.25) is 5.91 Å². The summed E-state index contributed by atoms with van der Waals surface area (Å²) >= 11 is 0. The van der Waals surface area contributed by atoms with Crippen molar-refractivity contribution in [3.8, 4) is 0 Å². The average Bonchev–Trinajstić information content (AvgIpc) is 2.72. The van der Waals surface area contributed by atoms with Crippen LogP contribution in [0.2, 0.25) is 0 Å². The Balaban J connectivity index is 1.39. The summed E-state index contributed by atoms with van der Waals surface area (Å²) in [6, 6.07) is 10.1. The molecule has 3 N–H and O–H groups in total. The summed E-state index contributed by atoms with van der Waals surface area (Å²) in [5, 5.41) is 8.57. The van der Waals surface area contributed by atoms with Crippen molar-refractivity contribution < 1.29 is 14.3 Å². The van der Waals surface area contributed by atoms with Crippen molar-refractivity contribution in [3.05, 3.63) is 35.9 Å². The third-order valence-electron chi connectivity index (χ3n) is 5.48. The summed E-state index contributed by atoms with van der Waals surface area (Å²) in [5.41, 5.74) is 1.15. The summed E-state index contributed by atoms with van der Waals surface area (Å²) in [5.74, 6) is 0.128. The second kappa shape index (κ2) is 10.3. The van der Waals surface area contributed by atoms with E-state index in [2.05, 4.69) is 28.1 Å². The van der Waals surface area contributed by atoms with Gasteiger partial charge in [0.25, 0.3) is 0 Å². The molecule has 0 unspecified atom stereocenters. The predicted molar refractivity (Wildman–Crippen MR) is 104 cm³/mol. The number of hydrogen-bond acceptors (Lipinski definition) is 3. The molecule has 1 saturated heterocycles. The predicted octanol–water partition coefficient (Wildman–Crippen LogP) is 2.90. The van der Waals surface area contributed by atoms with Gasteiger partial charge in [-0.3, -0.25) is 4.79 Å². The minimum atomic E-state index is -0.300. The molecule has 0 spiro atoms. The number of carbonyl (C=O) groups excluding carboxylic acids is 2. The third kappa shape index (κ3) is 6.24. The molecule has 2 fully saturated rings. The van der Waals surface area contributed by atoms with Crippen molar-refractivity contribution in [2.75, 3.05) is 19.7 Å². The second-order valence-electron chi connectivity index (χ2n) is 7.57. The van der Waals surface area contributed by atoms with Gasteiger partial charge in [-0.1, -0.05) is 49.6 Å². The zero-order valence-electron chi connectivity index (χ0n) is 15.9. The molecule has 1 aromatic carbocycles. The van der Waals surface area contributed by atoms with Gasteiger partial charge >= 0.3 is 6.03 Å². The number of ether oxygens (including phenoxy) is 1. The minimum Gasteiger partial charge on any atom is -0.373 e. The molecule has 2 aliphatic rings. The summed E-state index contributed by atoms with van der Waals surface area (Å²) < 4.78 is 5.96. The fraction of sp³-hybridized carbons (Fsp3) is 0.619. The molecule has 6 heteroatoms. The maximum atomic E-state index is 12.1. The largest absolute Gasteiger partial charge is 0.373 e. The van der Waals surface area contributed by atoms with Gasteiger partial charge in [-0.25, -0.2) is 4.79 Å². The Morgan fingerprint density at radius 2 is 1.74 bits per heavy atom. The lowest BCUT2D eigenvalue weighted by atomic mass is 9.89. The molecule has 2 atom stereocenters. The van der Waals surface area contributed by atoms with Crippen LogP contribution < -0.4 is 16.0 Å². The molecule has 148 valence electrons. The zero-order valence-corrected chi connectivity index (χ0v) is 15.9. The molecule has 1 aromatic rings. The summed E-state index contributed by atoms with van der Waals surface area (Å²) in [6.07, 6.45) is 7.71. The number of amides is 3. The topological polar surface area (TPSA) is 79.5 Å². The molecular formula is C21H31N3O3. The number of hydrogen-bond donors (Lipinski definition) is 3. The SMILES string of the molecule is O=C(CNC(=O)NC[C@H]1CCCO[C@H]1c1ccccc1)NC1CCCCC1. The highest BCUT2D eigenvalue weighted by Gasteiger charge is 2.27. The zero-order chi connectivity index (χ0) is 18.9. The van der Waals surface area contributed by atoms with Gasteiger partial charge in [0.15, 0.2) is 0 Å². The van der Waals surface area contributed by atoms with Crippen LogP contribution in [-0.2, 0) is 9.53 Å². The van der Waals surface area contributed by atoms with E-state index in [9.17, 15) is 9.59 Å². The van der Waals surface area contributed by atoms with E-state index in [1.54, 1.807) is 0 Å². The van der Waals surface area contributed by atoms with Crippen LogP contribution in [0.5, 0.6) is 0 Å². The molecule has 6 nitrogen and oxygen atoms in total. The molecule has 0 aromatic heterocycles. The first-order valence-corrected chi connectivity index (χ1v) is 10.2. The Labute approximate surface area is 161 Å². The molecule has 0 radical (unpaired) electrons. The number of urea groups is 1. The molecule has 3 amide bonds. The minimum absolute atomic E-state index is 0.00912. The first kappa shape index (κ1) is 19.7. The third-order valence-corrected chi connectivity index (χ3v) is 5.48. The molecule has 1 aliphatic carbocycles. The first-order valence-electron chi connectivity index (χ1n) is 10.2. The van der Waals surface area contributed by atoms with Crippen LogP contribution in [0.25, 0.3) is 0 Å². The summed E-state index contributed by atoms with van der Waals surface area (Å²) in [6.45, 7) is 1.31. The van der Waals surface area contributed by atoms with Crippen LogP contribution in [0.15, 0.2) is 30.3 Å². The van der Waals surface area contributed by atoms with Crippen LogP contribution in [0, 0.1) is 5.92 Å². The van der Waals surface area contributed by atoms with Crippen molar-refractivity contribution in [2.45, 2.75) is 57.1 Å². The molecule has 0 bridgehead atoms. The second-order valence-corrected chi connectivity index (χ2v) is 7.57. The highest BCUT2D eigenvalue weighted by atomic mass is 16.5. The number of rotatable bonds is 6. The smallest absolute Gasteiger partial charge is 0.315 e. The van der Waals surface area contributed by atoms with E-state index in [0.717, 1.165) is 37.9 Å². The molecular weight excluding hydrogens is 342 g/mol. The van der Waals surface area contributed by atoms with E-state index >= 15 is 0 Å². The lowest BCUT2D eigenvalue weighted by Crippen LogP contribution is -2.46. The van der Waals surface area contributed by atoms with Gasteiger partial charge in [-0.05, 0) is 31.2 Å². The Hall–Kier alpha value is -2.08. The van der Waals surface area contributed by atoms with Crippen LogP contribution in [0.4, 0.5) is 4.79 Å². The van der Waals surface area contributed by atoms with E-state index in [-0.39, 0.29) is 36.5 Å². The number of nitrogens with one attached hydrogen (secondary N) is 3. The van der Waals surface area contributed by atoms with Gasteiger partial charge < -0.3 is 20.7 Å². The molecule has 1 aliphatic heterocycles. The lowest BCUT2D eigenvalue weighted by molar-refractivity contribution is -0.121. The summed E-state index contributed by atoms with van der Waals surface area (Å²) in [4.78, 5) is 24.1. The van der Waals surface area contributed by atoms with Gasteiger partial charge in [0.1, 0.15) is 0 Å². The van der Waals surface area contributed by atoms with Crippen molar-refractivity contribution in [2.24, 2.45) is 5.92 Å². The highest BCUT2D eigenvalue weighted by Crippen LogP contribution is 2.32. The van der Waals surface area contributed by atoms with E-state index < -0.39 is 0 Å². The van der Waals surface area contributed by atoms with E-state index in [4.69, 9.17) is 4.74 Å². The fourth-order valence-corrected chi connectivity index (χ4v) is 4.04. The Morgan fingerprint density at radius 1 is 0.963 bits per heavy atom. The average molecular weight is 373 g/mol. The Morgan fingerprint density at radius 3 is 2.52 bits per heavy atom. The first-order chi connectivity index (χ1) is 13.2. The molecule has 1 heterocycles. The Bertz CT molecular complexity index is 602. The molecule has 3 rings (SSSR count). The lowest BCUT2D eigenvalue weighted by Gasteiger charge is -2.32. The van der Waals surface area contributed by atoms with E-state index in [0.29, 0.717) is 6.54 Å². The van der Waals surface area contributed by atoms with Gasteiger partial charge in [-0.2, -0.15) is 0 Å². The monoisotopic (exact) mass is 373 g/mol. The van der Waals surface area contributed by atoms with Crippen molar-refractivity contribution in [1.82, 2.24) is 16.0 Å². The van der Waals surface area contributed by atoms with Crippen molar-refractivity contribution in [3.63, 3.8) is 0 Å². The van der Waals surface area contributed by atoms with Crippen LogP contribution in [-0.4, -0.2) is 37.7 Å². The van der Waals surface area contributed by atoms with Crippen LogP contribution in [0.1, 0.15) is 56.6 Å². The molecule has 27 heavy (non-hydrogen) atoms. The summed E-state index contributed by atoms with van der Waals surface area (Å²) in [7, 11) is 0. The van der Waals surface area contributed by atoms with E-state index in [1.807, 2.05) is 18.2 Å². The number of carbonyl (C=O) groups is 2. The number of benzene rings is 1.